The number of rotatable bonds is 5. The molecule has 0 radical (unpaired) electrons. The molecule has 27 heavy (non-hydrogen) atoms. The molecule has 1 heterocycles. The maximum absolute atomic E-state index is 14.6. The molecule has 2 aromatic rings. The highest BCUT2D eigenvalue weighted by Crippen LogP contribution is 2.39. The quantitative estimate of drug-likeness (QED) is 0.850. The predicted molar refractivity (Wildman–Crippen MR) is 104 cm³/mol. The van der Waals surface area contributed by atoms with E-state index in [4.69, 9.17) is 4.74 Å². The summed E-state index contributed by atoms with van der Waals surface area (Å²) in [7, 11) is -3.59. The normalized spacial score (nSPS) is 23.6. The molecule has 0 bridgehead atoms. The summed E-state index contributed by atoms with van der Waals surface area (Å²) in [5, 5.41) is 3.18. The molecule has 1 aliphatic rings. The van der Waals surface area contributed by atoms with Crippen LogP contribution < -0.4 is 5.32 Å². The van der Waals surface area contributed by atoms with Crippen LogP contribution in [0.3, 0.4) is 0 Å². The predicted octanol–water partition coefficient (Wildman–Crippen LogP) is 3.55. The van der Waals surface area contributed by atoms with Gasteiger partial charge in [0.15, 0.2) is 9.84 Å². The van der Waals surface area contributed by atoms with Crippen molar-refractivity contribution in [1.82, 2.24) is 5.32 Å². The van der Waals surface area contributed by atoms with Crippen molar-refractivity contribution in [1.29, 1.82) is 0 Å². The average molecular weight is 389 g/mol. The molecule has 1 aliphatic heterocycles. The lowest BCUT2D eigenvalue weighted by atomic mass is 9.90. The first-order valence-electron chi connectivity index (χ1n) is 8.74. The van der Waals surface area contributed by atoms with Crippen molar-refractivity contribution in [2.45, 2.75) is 30.7 Å². The molecule has 0 amide bonds. The molecule has 0 spiro atoms. The van der Waals surface area contributed by atoms with E-state index in [9.17, 15) is 12.8 Å². The van der Waals surface area contributed by atoms with Crippen LogP contribution in [0, 0.1) is 5.82 Å². The molecular formula is C21H24FNO3S. The molecule has 1 atom stereocenters. The lowest BCUT2D eigenvalue weighted by Crippen LogP contribution is -2.62. The summed E-state index contributed by atoms with van der Waals surface area (Å²) < 4.78 is 45.3. The van der Waals surface area contributed by atoms with E-state index in [1.807, 2.05) is 30.3 Å². The third-order valence-electron chi connectivity index (χ3n) is 5.18. The van der Waals surface area contributed by atoms with E-state index in [0.717, 1.165) is 5.56 Å². The van der Waals surface area contributed by atoms with Gasteiger partial charge in [0.05, 0.1) is 19.0 Å². The van der Waals surface area contributed by atoms with Crippen molar-refractivity contribution >= 4 is 9.84 Å². The maximum atomic E-state index is 14.6. The number of benzene rings is 2. The van der Waals surface area contributed by atoms with Crippen molar-refractivity contribution < 1.29 is 17.5 Å². The second-order valence-electron chi connectivity index (χ2n) is 7.41. The Hall–Kier alpha value is -2.18. The van der Waals surface area contributed by atoms with Gasteiger partial charge in [-0.3, -0.25) is 0 Å². The van der Waals surface area contributed by atoms with Crippen molar-refractivity contribution in [3.8, 4) is 0 Å². The number of nitrogens with one attached hydrogen (secondary N) is 1. The number of ether oxygens (including phenoxy) is 1. The van der Waals surface area contributed by atoms with Gasteiger partial charge in [-0.1, -0.05) is 55.1 Å². The Morgan fingerprint density at radius 2 is 1.74 bits per heavy atom. The highest BCUT2D eigenvalue weighted by Gasteiger charge is 2.52. The summed E-state index contributed by atoms with van der Waals surface area (Å²) in [6.45, 7) is 7.42. The number of hydrogen-bond donors (Lipinski definition) is 1. The van der Waals surface area contributed by atoms with Gasteiger partial charge in [0, 0.05) is 11.3 Å². The Balaban J connectivity index is 1.96. The van der Waals surface area contributed by atoms with Gasteiger partial charge >= 0.3 is 0 Å². The SMILES string of the molecule is C=C1NC(COCc2ccccc2)(c2ccccc2F)CS(=O)(=O)C1(C)C. The molecule has 144 valence electrons. The Bertz CT molecular complexity index is 941. The molecule has 1 unspecified atom stereocenters. The summed E-state index contributed by atoms with van der Waals surface area (Å²) >= 11 is 0. The van der Waals surface area contributed by atoms with Gasteiger partial charge in [0.2, 0.25) is 0 Å². The van der Waals surface area contributed by atoms with E-state index >= 15 is 0 Å². The van der Waals surface area contributed by atoms with Crippen molar-refractivity contribution in [3.63, 3.8) is 0 Å². The highest BCUT2D eigenvalue weighted by atomic mass is 32.2. The van der Waals surface area contributed by atoms with E-state index in [0.29, 0.717) is 12.3 Å². The first-order chi connectivity index (χ1) is 12.7. The molecule has 1 fully saturated rings. The van der Waals surface area contributed by atoms with E-state index in [1.54, 1.807) is 32.0 Å². The van der Waals surface area contributed by atoms with Gasteiger partial charge in [-0.25, -0.2) is 12.8 Å². The molecule has 1 N–H and O–H groups in total. The fourth-order valence-corrected chi connectivity index (χ4v) is 4.98. The first-order valence-corrected chi connectivity index (χ1v) is 10.4. The summed E-state index contributed by atoms with van der Waals surface area (Å²) in [6, 6.07) is 15.7. The summed E-state index contributed by atoms with van der Waals surface area (Å²) in [5.41, 5.74) is 0.323. The maximum Gasteiger partial charge on any atom is 0.163 e. The molecule has 0 aliphatic carbocycles. The summed E-state index contributed by atoms with van der Waals surface area (Å²) in [5.74, 6) is -0.752. The second kappa shape index (κ2) is 7.09. The summed E-state index contributed by atoms with van der Waals surface area (Å²) in [6.07, 6.45) is 0. The van der Waals surface area contributed by atoms with Crippen LogP contribution in [0.2, 0.25) is 0 Å². The number of halogens is 1. The molecular weight excluding hydrogens is 365 g/mol. The van der Waals surface area contributed by atoms with Crippen LogP contribution in [0.4, 0.5) is 4.39 Å². The largest absolute Gasteiger partial charge is 0.375 e. The zero-order valence-electron chi connectivity index (χ0n) is 15.5. The van der Waals surface area contributed by atoms with E-state index in [1.165, 1.54) is 6.07 Å². The van der Waals surface area contributed by atoms with Crippen molar-refractivity contribution in [2.24, 2.45) is 0 Å². The van der Waals surface area contributed by atoms with E-state index in [-0.39, 0.29) is 17.9 Å². The Labute approximate surface area is 160 Å². The monoisotopic (exact) mass is 389 g/mol. The van der Waals surface area contributed by atoms with Gasteiger partial charge in [0.25, 0.3) is 0 Å². The molecule has 0 aromatic heterocycles. The molecule has 4 nitrogen and oxygen atoms in total. The third-order valence-corrected chi connectivity index (χ3v) is 7.85. The minimum atomic E-state index is -3.59. The Morgan fingerprint density at radius 1 is 1.11 bits per heavy atom. The van der Waals surface area contributed by atoms with Crippen LogP contribution in [0.25, 0.3) is 0 Å². The fourth-order valence-electron chi connectivity index (χ4n) is 3.24. The van der Waals surface area contributed by atoms with Crippen LogP contribution in [0.5, 0.6) is 0 Å². The number of hydrogen-bond acceptors (Lipinski definition) is 4. The fraction of sp³-hybridized carbons (Fsp3) is 0.333. The second-order valence-corrected chi connectivity index (χ2v) is 9.95. The molecule has 1 saturated heterocycles. The van der Waals surface area contributed by atoms with Crippen LogP contribution in [-0.4, -0.2) is 25.5 Å². The minimum Gasteiger partial charge on any atom is -0.375 e. The van der Waals surface area contributed by atoms with E-state index in [2.05, 4.69) is 11.9 Å². The summed E-state index contributed by atoms with van der Waals surface area (Å²) in [4.78, 5) is 0. The van der Waals surface area contributed by atoms with Gasteiger partial charge in [-0.2, -0.15) is 0 Å². The number of sulfone groups is 1. The van der Waals surface area contributed by atoms with Gasteiger partial charge in [-0.05, 0) is 25.5 Å². The lowest BCUT2D eigenvalue weighted by molar-refractivity contribution is 0.0641. The zero-order valence-corrected chi connectivity index (χ0v) is 16.4. The third kappa shape index (κ3) is 3.64. The van der Waals surface area contributed by atoms with Crippen LogP contribution in [0.15, 0.2) is 66.9 Å². The Kier molecular flexibility index (Phi) is 5.14. The van der Waals surface area contributed by atoms with Gasteiger partial charge in [-0.15, -0.1) is 0 Å². The smallest absolute Gasteiger partial charge is 0.163 e. The van der Waals surface area contributed by atoms with Crippen molar-refractivity contribution in [3.05, 3.63) is 83.8 Å². The van der Waals surface area contributed by atoms with Gasteiger partial charge < -0.3 is 10.1 Å². The molecule has 2 aromatic carbocycles. The molecule has 0 saturated carbocycles. The molecule has 3 rings (SSSR count). The van der Waals surface area contributed by atoms with Crippen LogP contribution in [0.1, 0.15) is 25.0 Å². The van der Waals surface area contributed by atoms with Crippen LogP contribution in [-0.2, 0) is 26.7 Å². The standard InChI is InChI=1S/C21H24FNO3S/c1-16-20(2,3)27(24,25)15-21(23-16,18-11-7-8-12-19(18)22)14-26-13-17-9-5-4-6-10-17/h4-12,23H,1,13-15H2,2-3H3. The van der Waals surface area contributed by atoms with Crippen LogP contribution >= 0.6 is 0 Å². The highest BCUT2D eigenvalue weighted by molar-refractivity contribution is 7.93. The minimum absolute atomic E-state index is 0.00282. The lowest BCUT2D eigenvalue weighted by Gasteiger charge is -2.46. The average Bonchev–Trinajstić information content (AvgIpc) is 2.61. The zero-order chi connectivity index (χ0) is 19.7. The topological polar surface area (TPSA) is 55.4 Å². The molecule has 6 heteroatoms. The first kappa shape index (κ1) is 19.6. The van der Waals surface area contributed by atoms with E-state index < -0.39 is 25.9 Å². The van der Waals surface area contributed by atoms with Crippen molar-refractivity contribution in [2.75, 3.05) is 12.4 Å². The van der Waals surface area contributed by atoms with Gasteiger partial charge in [0.1, 0.15) is 16.1 Å². The Morgan fingerprint density at radius 3 is 2.37 bits per heavy atom.